The first-order valence-electron chi connectivity index (χ1n) is 8.46. The molecule has 1 aromatic carbocycles. The highest BCUT2D eigenvalue weighted by Crippen LogP contribution is 2.26. The van der Waals surface area contributed by atoms with Crippen LogP contribution in [-0.2, 0) is 9.59 Å². The lowest BCUT2D eigenvalue weighted by atomic mass is 9.91. The van der Waals surface area contributed by atoms with Crippen LogP contribution >= 0.6 is 0 Å². The number of amides is 2. The van der Waals surface area contributed by atoms with Crippen LogP contribution in [-0.4, -0.2) is 30.4 Å². The third-order valence-corrected chi connectivity index (χ3v) is 4.96. The Morgan fingerprint density at radius 2 is 1.83 bits per heavy atom. The summed E-state index contributed by atoms with van der Waals surface area (Å²) >= 11 is 0. The van der Waals surface area contributed by atoms with Gasteiger partial charge in [0.1, 0.15) is 0 Å². The van der Waals surface area contributed by atoms with Crippen LogP contribution < -0.4 is 16.0 Å². The maximum Gasteiger partial charge on any atom is 0.227 e. The van der Waals surface area contributed by atoms with E-state index >= 15 is 0 Å². The number of aryl methyl sites for hydroxylation is 1. The molecular formula is C18H25N3O2. The molecule has 1 heterocycles. The summed E-state index contributed by atoms with van der Waals surface area (Å²) in [6.45, 7) is 2.49. The molecule has 2 fully saturated rings. The molecule has 23 heavy (non-hydrogen) atoms. The Morgan fingerprint density at radius 1 is 1.17 bits per heavy atom. The second-order valence-corrected chi connectivity index (χ2v) is 6.86. The summed E-state index contributed by atoms with van der Waals surface area (Å²) in [5.74, 6) is -0.215. The second kappa shape index (κ2) is 6.71. The Labute approximate surface area is 137 Å². The van der Waals surface area contributed by atoms with Crippen molar-refractivity contribution in [3.63, 3.8) is 0 Å². The van der Waals surface area contributed by atoms with Crippen molar-refractivity contribution in [1.29, 1.82) is 0 Å². The van der Waals surface area contributed by atoms with Gasteiger partial charge in [0, 0.05) is 30.7 Å². The van der Waals surface area contributed by atoms with Gasteiger partial charge >= 0.3 is 0 Å². The van der Waals surface area contributed by atoms with Crippen LogP contribution in [0.3, 0.4) is 0 Å². The van der Waals surface area contributed by atoms with Crippen molar-refractivity contribution < 1.29 is 9.59 Å². The number of hydrogen-bond donors (Lipinski definition) is 2. The molecule has 5 heteroatoms. The van der Waals surface area contributed by atoms with Gasteiger partial charge in [0.05, 0.1) is 5.92 Å². The van der Waals surface area contributed by atoms with E-state index in [0.717, 1.165) is 36.9 Å². The standard InChI is InChI=1S/C18H25N3O2/c1-12-2-8-16(9-3-12)21-11-13(10-17(21)22)18(23)20-15-6-4-14(19)5-7-15/h2-3,8-9,13-15H,4-7,10-11,19H2,1H3,(H,20,23). The summed E-state index contributed by atoms with van der Waals surface area (Å²) in [6, 6.07) is 8.34. The van der Waals surface area contributed by atoms with Gasteiger partial charge in [-0.05, 0) is 44.7 Å². The zero-order valence-corrected chi connectivity index (χ0v) is 13.6. The average Bonchev–Trinajstić information content (AvgIpc) is 2.92. The van der Waals surface area contributed by atoms with Gasteiger partial charge in [-0.2, -0.15) is 0 Å². The summed E-state index contributed by atoms with van der Waals surface area (Å²) in [6.07, 6.45) is 4.10. The number of benzene rings is 1. The second-order valence-electron chi connectivity index (χ2n) is 6.86. The van der Waals surface area contributed by atoms with Crippen LogP contribution in [0.4, 0.5) is 5.69 Å². The van der Waals surface area contributed by atoms with E-state index in [2.05, 4.69) is 5.32 Å². The van der Waals surface area contributed by atoms with Crippen molar-refractivity contribution in [1.82, 2.24) is 5.32 Å². The van der Waals surface area contributed by atoms with Crippen LogP contribution in [0.2, 0.25) is 0 Å². The SMILES string of the molecule is Cc1ccc(N2CC(C(=O)NC3CCC(N)CC3)CC2=O)cc1. The highest BCUT2D eigenvalue weighted by molar-refractivity contribution is 6.00. The Hall–Kier alpha value is -1.88. The van der Waals surface area contributed by atoms with Gasteiger partial charge in [-0.25, -0.2) is 0 Å². The van der Waals surface area contributed by atoms with Crippen LogP contribution in [0.5, 0.6) is 0 Å². The Morgan fingerprint density at radius 3 is 2.48 bits per heavy atom. The summed E-state index contributed by atoms with van der Waals surface area (Å²) in [7, 11) is 0. The summed E-state index contributed by atoms with van der Waals surface area (Å²) in [5.41, 5.74) is 7.93. The fraction of sp³-hybridized carbons (Fsp3) is 0.556. The number of nitrogens with one attached hydrogen (secondary N) is 1. The minimum atomic E-state index is -0.251. The molecule has 0 aromatic heterocycles. The molecule has 1 unspecified atom stereocenters. The van der Waals surface area contributed by atoms with E-state index in [1.165, 1.54) is 0 Å². The van der Waals surface area contributed by atoms with Gasteiger partial charge in [-0.15, -0.1) is 0 Å². The van der Waals surface area contributed by atoms with E-state index in [1.807, 2.05) is 31.2 Å². The van der Waals surface area contributed by atoms with Crippen molar-refractivity contribution in [3.05, 3.63) is 29.8 Å². The van der Waals surface area contributed by atoms with Gasteiger partial charge in [-0.3, -0.25) is 9.59 Å². The molecule has 1 saturated carbocycles. The minimum absolute atomic E-state index is 0.00781. The average molecular weight is 315 g/mol. The fourth-order valence-electron chi connectivity index (χ4n) is 3.44. The molecule has 1 atom stereocenters. The summed E-state index contributed by atoms with van der Waals surface area (Å²) in [4.78, 5) is 26.4. The molecule has 0 bridgehead atoms. The number of hydrogen-bond acceptors (Lipinski definition) is 3. The molecular weight excluding hydrogens is 290 g/mol. The van der Waals surface area contributed by atoms with E-state index in [1.54, 1.807) is 4.90 Å². The Kier molecular flexibility index (Phi) is 4.66. The maximum atomic E-state index is 12.5. The summed E-state index contributed by atoms with van der Waals surface area (Å²) < 4.78 is 0. The number of carbonyl (C=O) groups is 2. The number of nitrogens with two attached hydrogens (primary N) is 1. The first-order valence-corrected chi connectivity index (χ1v) is 8.46. The number of rotatable bonds is 3. The molecule has 1 aliphatic heterocycles. The van der Waals surface area contributed by atoms with Crippen LogP contribution in [0, 0.1) is 12.8 Å². The molecule has 5 nitrogen and oxygen atoms in total. The zero-order valence-electron chi connectivity index (χ0n) is 13.6. The Bertz CT molecular complexity index is 576. The lowest BCUT2D eigenvalue weighted by Gasteiger charge is -2.27. The number of carbonyl (C=O) groups excluding carboxylic acids is 2. The van der Waals surface area contributed by atoms with Crippen LogP contribution in [0.15, 0.2) is 24.3 Å². The number of nitrogens with zero attached hydrogens (tertiary/aromatic N) is 1. The highest BCUT2D eigenvalue weighted by atomic mass is 16.2. The van der Waals surface area contributed by atoms with Gasteiger partial charge in [0.2, 0.25) is 11.8 Å². The van der Waals surface area contributed by atoms with Gasteiger partial charge in [-0.1, -0.05) is 17.7 Å². The van der Waals surface area contributed by atoms with Crippen LogP contribution in [0.25, 0.3) is 0 Å². The molecule has 1 saturated heterocycles. The first kappa shape index (κ1) is 16.0. The minimum Gasteiger partial charge on any atom is -0.353 e. The largest absolute Gasteiger partial charge is 0.353 e. The zero-order chi connectivity index (χ0) is 16.4. The van der Waals surface area contributed by atoms with E-state index in [-0.39, 0.29) is 29.8 Å². The van der Waals surface area contributed by atoms with Gasteiger partial charge < -0.3 is 16.0 Å². The first-order chi connectivity index (χ1) is 11.0. The third kappa shape index (κ3) is 3.72. The molecule has 124 valence electrons. The molecule has 0 spiro atoms. The predicted molar refractivity (Wildman–Crippen MR) is 90.0 cm³/mol. The van der Waals surface area contributed by atoms with Crippen molar-refractivity contribution >= 4 is 17.5 Å². The molecule has 2 amide bonds. The van der Waals surface area contributed by atoms with E-state index < -0.39 is 0 Å². The van der Waals surface area contributed by atoms with Gasteiger partial charge in [0.25, 0.3) is 0 Å². The normalized spacial score (nSPS) is 28.0. The van der Waals surface area contributed by atoms with E-state index in [4.69, 9.17) is 5.73 Å². The van der Waals surface area contributed by atoms with Crippen molar-refractivity contribution in [3.8, 4) is 0 Å². The third-order valence-electron chi connectivity index (χ3n) is 4.96. The van der Waals surface area contributed by atoms with E-state index in [0.29, 0.717) is 13.0 Å². The molecule has 2 aliphatic rings. The van der Waals surface area contributed by atoms with Crippen molar-refractivity contribution in [2.24, 2.45) is 11.7 Å². The Balaban J connectivity index is 1.58. The molecule has 3 rings (SSSR count). The van der Waals surface area contributed by atoms with E-state index in [9.17, 15) is 9.59 Å². The fourth-order valence-corrected chi connectivity index (χ4v) is 3.44. The molecule has 3 N–H and O–H groups in total. The van der Waals surface area contributed by atoms with Crippen molar-refractivity contribution in [2.75, 3.05) is 11.4 Å². The molecule has 1 aliphatic carbocycles. The van der Waals surface area contributed by atoms with Crippen LogP contribution in [0.1, 0.15) is 37.7 Å². The molecule has 1 aromatic rings. The highest BCUT2D eigenvalue weighted by Gasteiger charge is 2.36. The lowest BCUT2D eigenvalue weighted by molar-refractivity contribution is -0.127. The quantitative estimate of drug-likeness (QED) is 0.892. The lowest BCUT2D eigenvalue weighted by Crippen LogP contribution is -2.43. The van der Waals surface area contributed by atoms with Crippen molar-refractivity contribution in [2.45, 2.75) is 51.1 Å². The predicted octanol–water partition coefficient (Wildman–Crippen LogP) is 1.73. The maximum absolute atomic E-state index is 12.5. The summed E-state index contributed by atoms with van der Waals surface area (Å²) in [5, 5.41) is 3.11. The smallest absolute Gasteiger partial charge is 0.227 e. The number of anilines is 1. The monoisotopic (exact) mass is 315 g/mol. The molecule has 0 radical (unpaired) electrons. The van der Waals surface area contributed by atoms with Gasteiger partial charge in [0.15, 0.2) is 0 Å². The topological polar surface area (TPSA) is 75.4 Å².